The van der Waals surface area contributed by atoms with E-state index in [-0.39, 0.29) is 0 Å². The van der Waals surface area contributed by atoms with Crippen LogP contribution in [0.25, 0.3) is 0 Å². The summed E-state index contributed by atoms with van der Waals surface area (Å²) in [7, 11) is 1.76. The van der Waals surface area contributed by atoms with Crippen LogP contribution in [0, 0.1) is 5.41 Å². The number of aromatic nitrogens is 4. The maximum atomic E-state index is 11.4. The minimum absolute atomic E-state index is 0.479. The summed E-state index contributed by atoms with van der Waals surface area (Å²) in [6.07, 6.45) is 2.21. The van der Waals surface area contributed by atoms with Crippen molar-refractivity contribution in [1.82, 2.24) is 20.2 Å². The fraction of sp³-hybridized carbons (Fsp3) is 0.800. The number of carboxylic acid groups (broad SMARTS) is 1. The average molecular weight is 239 g/mol. The SMILES string of the molecule is CCC1(C(=O)O)CCCN(c2nnnn2C)C1. The summed E-state index contributed by atoms with van der Waals surface area (Å²) in [5.41, 5.74) is -0.662. The Labute approximate surface area is 99.4 Å². The molecule has 94 valence electrons. The number of anilines is 1. The zero-order valence-corrected chi connectivity index (χ0v) is 10.1. The van der Waals surface area contributed by atoms with E-state index < -0.39 is 11.4 Å². The lowest BCUT2D eigenvalue weighted by atomic mass is 9.78. The van der Waals surface area contributed by atoms with Crippen LogP contribution < -0.4 is 4.90 Å². The van der Waals surface area contributed by atoms with Crippen LogP contribution in [0.4, 0.5) is 5.95 Å². The van der Waals surface area contributed by atoms with Gasteiger partial charge in [0.25, 0.3) is 0 Å². The molecule has 0 saturated carbocycles. The molecular weight excluding hydrogens is 222 g/mol. The van der Waals surface area contributed by atoms with Gasteiger partial charge in [0.15, 0.2) is 0 Å². The predicted octanol–water partition coefficient (Wildman–Crippen LogP) is 0.291. The fourth-order valence-electron chi connectivity index (χ4n) is 2.41. The van der Waals surface area contributed by atoms with Gasteiger partial charge in [0.05, 0.1) is 5.41 Å². The Kier molecular flexibility index (Phi) is 2.99. The molecule has 7 heteroatoms. The molecule has 0 radical (unpaired) electrons. The second-order valence-electron chi connectivity index (χ2n) is 4.57. The Morgan fingerprint density at radius 2 is 2.35 bits per heavy atom. The summed E-state index contributed by atoms with van der Waals surface area (Å²) >= 11 is 0. The van der Waals surface area contributed by atoms with Gasteiger partial charge in [0.1, 0.15) is 0 Å². The first-order valence-electron chi connectivity index (χ1n) is 5.80. The Hall–Kier alpha value is -1.66. The largest absolute Gasteiger partial charge is 0.481 e. The van der Waals surface area contributed by atoms with Gasteiger partial charge in [-0.1, -0.05) is 12.0 Å². The number of aliphatic carboxylic acids is 1. The number of rotatable bonds is 3. The van der Waals surface area contributed by atoms with E-state index in [0.717, 1.165) is 19.4 Å². The Bertz CT molecular complexity index is 419. The zero-order chi connectivity index (χ0) is 12.5. The molecule has 1 aromatic heterocycles. The van der Waals surface area contributed by atoms with Crippen molar-refractivity contribution in [2.45, 2.75) is 26.2 Å². The number of carbonyl (C=O) groups is 1. The molecule has 1 aromatic rings. The summed E-state index contributed by atoms with van der Waals surface area (Å²) in [6.45, 7) is 3.21. The van der Waals surface area contributed by atoms with E-state index in [1.165, 1.54) is 0 Å². The zero-order valence-electron chi connectivity index (χ0n) is 10.1. The van der Waals surface area contributed by atoms with Crippen LogP contribution >= 0.6 is 0 Å². The smallest absolute Gasteiger partial charge is 0.311 e. The number of carboxylic acids is 1. The lowest BCUT2D eigenvalue weighted by molar-refractivity contribution is -0.149. The van der Waals surface area contributed by atoms with Crippen LogP contribution in [-0.2, 0) is 11.8 Å². The molecule has 1 N–H and O–H groups in total. The first kappa shape index (κ1) is 11.8. The third-order valence-corrected chi connectivity index (χ3v) is 3.59. The molecular formula is C10H17N5O2. The quantitative estimate of drug-likeness (QED) is 0.816. The summed E-state index contributed by atoms with van der Waals surface area (Å²) in [6, 6.07) is 0. The number of aryl methyl sites for hydroxylation is 1. The van der Waals surface area contributed by atoms with Gasteiger partial charge in [-0.2, -0.15) is 0 Å². The normalized spacial score (nSPS) is 24.9. The van der Waals surface area contributed by atoms with Gasteiger partial charge in [0, 0.05) is 20.1 Å². The topological polar surface area (TPSA) is 84.1 Å². The van der Waals surface area contributed by atoms with Gasteiger partial charge in [0.2, 0.25) is 5.95 Å². The van der Waals surface area contributed by atoms with Gasteiger partial charge >= 0.3 is 5.97 Å². The minimum atomic E-state index is -0.722. The van der Waals surface area contributed by atoms with Gasteiger partial charge in [-0.25, -0.2) is 4.68 Å². The molecule has 1 unspecified atom stereocenters. The fourth-order valence-corrected chi connectivity index (χ4v) is 2.41. The number of hydrogen-bond donors (Lipinski definition) is 1. The van der Waals surface area contributed by atoms with Crippen molar-refractivity contribution in [2.75, 3.05) is 18.0 Å². The highest BCUT2D eigenvalue weighted by atomic mass is 16.4. The van der Waals surface area contributed by atoms with Crippen LogP contribution in [0.3, 0.4) is 0 Å². The van der Waals surface area contributed by atoms with Gasteiger partial charge in [-0.3, -0.25) is 4.79 Å². The molecule has 1 saturated heterocycles. The van der Waals surface area contributed by atoms with Crippen LogP contribution in [-0.4, -0.2) is 44.4 Å². The molecule has 0 amide bonds. The van der Waals surface area contributed by atoms with Crippen LogP contribution in [0.15, 0.2) is 0 Å². The molecule has 1 fully saturated rings. The van der Waals surface area contributed by atoms with Gasteiger partial charge in [-0.15, -0.1) is 0 Å². The van der Waals surface area contributed by atoms with Crippen molar-refractivity contribution in [3.05, 3.63) is 0 Å². The Morgan fingerprint density at radius 3 is 2.88 bits per heavy atom. The Balaban J connectivity index is 2.23. The molecule has 1 aliphatic heterocycles. The first-order chi connectivity index (χ1) is 8.09. The van der Waals surface area contributed by atoms with Crippen molar-refractivity contribution in [3.63, 3.8) is 0 Å². The summed E-state index contributed by atoms with van der Waals surface area (Å²) < 4.78 is 1.58. The van der Waals surface area contributed by atoms with Crippen molar-refractivity contribution >= 4 is 11.9 Å². The van der Waals surface area contributed by atoms with E-state index in [1.54, 1.807) is 11.7 Å². The van der Waals surface area contributed by atoms with E-state index in [0.29, 0.717) is 18.9 Å². The van der Waals surface area contributed by atoms with Crippen molar-refractivity contribution < 1.29 is 9.90 Å². The monoisotopic (exact) mass is 239 g/mol. The van der Waals surface area contributed by atoms with E-state index in [4.69, 9.17) is 0 Å². The Morgan fingerprint density at radius 1 is 1.59 bits per heavy atom. The minimum Gasteiger partial charge on any atom is -0.481 e. The van der Waals surface area contributed by atoms with Crippen molar-refractivity contribution in [2.24, 2.45) is 12.5 Å². The third kappa shape index (κ3) is 1.96. The lowest BCUT2D eigenvalue weighted by Gasteiger charge is -2.39. The van der Waals surface area contributed by atoms with E-state index in [1.807, 2.05) is 11.8 Å². The van der Waals surface area contributed by atoms with Crippen LogP contribution in [0.2, 0.25) is 0 Å². The summed E-state index contributed by atoms with van der Waals surface area (Å²) in [5.74, 6) is -0.0800. The molecule has 2 rings (SSSR count). The van der Waals surface area contributed by atoms with Gasteiger partial charge in [-0.05, 0) is 29.7 Å². The molecule has 0 aromatic carbocycles. The second kappa shape index (κ2) is 4.31. The number of nitrogens with zero attached hydrogens (tertiary/aromatic N) is 5. The average Bonchev–Trinajstić information content (AvgIpc) is 2.75. The summed E-state index contributed by atoms with van der Waals surface area (Å²) in [4.78, 5) is 13.4. The van der Waals surface area contributed by atoms with Crippen molar-refractivity contribution in [3.8, 4) is 0 Å². The maximum absolute atomic E-state index is 11.4. The van der Waals surface area contributed by atoms with E-state index in [2.05, 4.69) is 15.5 Å². The maximum Gasteiger partial charge on any atom is 0.311 e. The van der Waals surface area contributed by atoms with Gasteiger partial charge < -0.3 is 10.0 Å². The summed E-state index contributed by atoms with van der Waals surface area (Å²) in [5, 5.41) is 20.7. The highest BCUT2D eigenvalue weighted by Crippen LogP contribution is 2.34. The van der Waals surface area contributed by atoms with Crippen LogP contribution in [0.1, 0.15) is 26.2 Å². The lowest BCUT2D eigenvalue weighted by Crippen LogP contribution is -2.48. The molecule has 17 heavy (non-hydrogen) atoms. The molecule has 1 atom stereocenters. The third-order valence-electron chi connectivity index (χ3n) is 3.59. The molecule has 1 aliphatic rings. The standard InChI is InChI=1S/C10H17N5O2/c1-3-10(8(16)17)5-4-6-15(7-10)9-11-12-13-14(9)2/h3-7H2,1-2H3,(H,16,17). The van der Waals surface area contributed by atoms with E-state index >= 15 is 0 Å². The molecule has 7 nitrogen and oxygen atoms in total. The van der Waals surface area contributed by atoms with Crippen LogP contribution in [0.5, 0.6) is 0 Å². The molecule has 0 bridgehead atoms. The second-order valence-corrected chi connectivity index (χ2v) is 4.57. The van der Waals surface area contributed by atoms with E-state index in [9.17, 15) is 9.90 Å². The highest BCUT2D eigenvalue weighted by molar-refractivity contribution is 5.75. The predicted molar refractivity (Wildman–Crippen MR) is 60.6 cm³/mol. The molecule has 2 heterocycles. The van der Waals surface area contributed by atoms with Crippen molar-refractivity contribution in [1.29, 1.82) is 0 Å². The number of piperidine rings is 1. The molecule has 0 spiro atoms. The number of hydrogen-bond acceptors (Lipinski definition) is 5. The highest BCUT2D eigenvalue weighted by Gasteiger charge is 2.41. The number of tetrazole rings is 1. The first-order valence-corrected chi connectivity index (χ1v) is 5.80. The molecule has 0 aliphatic carbocycles.